The van der Waals surface area contributed by atoms with Crippen molar-refractivity contribution in [3.8, 4) is 0 Å². The topological polar surface area (TPSA) is 52.7 Å². The molecule has 148 valence electrons. The van der Waals surface area contributed by atoms with Crippen LogP contribution in [-0.2, 0) is 11.3 Å². The van der Waals surface area contributed by atoms with Crippen LogP contribution < -0.4 is 5.32 Å². The molecule has 28 heavy (non-hydrogen) atoms. The zero-order valence-electron chi connectivity index (χ0n) is 16.7. The van der Waals surface area contributed by atoms with Gasteiger partial charge in [-0.05, 0) is 43.0 Å². The van der Waals surface area contributed by atoms with Gasteiger partial charge in [0.2, 0.25) is 5.91 Å². The Bertz CT molecular complexity index is 799. The van der Waals surface area contributed by atoms with Crippen LogP contribution in [0.1, 0.15) is 34.3 Å². The number of likely N-dealkylation sites (N-methyl/N-ethyl adjacent to an activating group) is 1. The first kappa shape index (κ1) is 20.1. The highest BCUT2D eigenvalue weighted by Crippen LogP contribution is 2.13. The molecule has 1 aliphatic heterocycles. The van der Waals surface area contributed by atoms with Gasteiger partial charge in [-0.2, -0.15) is 0 Å². The summed E-state index contributed by atoms with van der Waals surface area (Å²) in [5, 5.41) is 3.11. The molecule has 1 aliphatic rings. The maximum Gasteiger partial charge on any atom is 0.251 e. The first-order valence-corrected chi connectivity index (χ1v) is 9.89. The molecule has 1 heterocycles. The Morgan fingerprint density at radius 3 is 2.36 bits per heavy atom. The van der Waals surface area contributed by atoms with E-state index in [1.165, 1.54) is 11.1 Å². The van der Waals surface area contributed by atoms with Gasteiger partial charge in [0.25, 0.3) is 5.91 Å². The van der Waals surface area contributed by atoms with E-state index in [0.29, 0.717) is 18.7 Å². The van der Waals surface area contributed by atoms with Crippen LogP contribution in [0.2, 0.25) is 0 Å². The Labute approximate surface area is 167 Å². The van der Waals surface area contributed by atoms with Crippen molar-refractivity contribution in [3.05, 3.63) is 71.3 Å². The van der Waals surface area contributed by atoms with Gasteiger partial charge in [0, 0.05) is 38.3 Å². The third kappa shape index (κ3) is 5.42. The first-order valence-electron chi connectivity index (χ1n) is 9.89. The lowest BCUT2D eigenvalue weighted by Crippen LogP contribution is -2.47. The molecule has 1 saturated heterocycles. The smallest absolute Gasteiger partial charge is 0.251 e. The molecule has 0 radical (unpaired) electrons. The molecule has 0 aliphatic carbocycles. The number of piperidine rings is 1. The highest BCUT2D eigenvalue weighted by molar-refractivity contribution is 5.94. The van der Waals surface area contributed by atoms with Gasteiger partial charge in [0.1, 0.15) is 0 Å². The number of aryl methyl sites for hydroxylation is 1. The molecule has 0 atom stereocenters. The van der Waals surface area contributed by atoms with E-state index in [9.17, 15) is 9.59 Å². The van der Waals surface area contributed by atoms with Crippen LogP contribution in [0.25, 0.3) is 0 Å². The van der Waals surface area contributed by atoms with Crippen molar-refractivity contribution >= 4 is 11.8 Å². The van der Waals surface area contributed by atoms with Gasteiger partial charge in [-0.15, -0.1) is 0 Å². The minimum Gasteiger partial charge on any atom is -0.349 e. The van der Waals surface area contributed by atoms with Gasteiger partial charge in [-0.25, -0.2) is 0 Å². The number of benzene rings is 2. The first-order chi connectivity index (χ1) is 13.5. The number of carbonyl (C=O) groups is 2. The maximum atomic E-state index is 12.6. The molecule has 0 spiro atoms. The summed E-state index contributed by atoms with van der Waals surface area (Å²) in [4.78, 5) is 28.8. The molecule has 3 rings (SSSR count). The molecule has 0 aromatic heterocycles. The summed E-state index contributed by atoms with van der Waals surface area (Å²) in [5.74, 6) is 0.114. The Kier molecular flexibility index (Phi) is 6.82. The van der Waals surface area contributed by atoms with Gasteiger partial charge in [-0.3, -0.25) is 14.5 Å². The van der Waals surface area contributed by atoms with Crippen molar-refractivity contribution in [1.82, 2.24) is 15.1 Å². The lowest BCUT2D eigenvalue weighted by Gasteiger charge is -2.33. The molecule has 0 unspecified atom stereocenters. The normalized spacial score (nSPS) is 15.2. The van der Waals surface area contributed by atoms with Crippen LogP contribution in [0, 0.1) is 6.92 Å². The van der Waals surface area contributed by atoms with Crippen molar-refractivity contribution in [2.45, 2.75) is 32.4 Å². The Balaban J connectivity index is 1.43. The third-order valence-corrected chi connectivity index (χ3v) is 5.41. The molecular weight excluding hydrogens is 350 g/mol. The monoisotopic (exact) mass is 379 g/mol. The summed E-state index contributed by atoms with van der Waals surface area (Å²) in [7, 11) is 1.86. The fourth-order valence-corrected chi connectivity index (χ4v) is 3.54. The lowest BCUT2D eigenvalue weighted by atomic mass is 10.0. The summed E-state index contributed by atoms with van der Waals surface area (Å²) >= 11 is 0. The molecule has 2 aromatic carbocycles. The highest BCUT2D eigenvalue weighted by atomic mass is 16.2. The van der Waals surface area contributed by atoms with E-state index in [1.807, 2.05) is 49.5 Å². The van der Waals surface area contributed by atoms with Crippen LogP contribution >= 0.6 is 0 Å². The van der Waals surface area contributed by atoms with E-state index in [4.69, 9.17) is 0 Å². The largest absolute Gasteiger partial charge is 0.349 e. The Morgan fingerprint density at radius 2 is 1.68 bits per heavy atom. The minimum absolute atomic E-state index is 0.0203. The second kappa shape index (κ2) is 9.51. The van der Waals surface area contributed by atoms with Crippen molar-refractivity contribution in [2.24, 2.45) is 0 Å². The van der Waals surface area contributed by atoms with Gasteiger partial charge in [0.05, 0.1) is 6.54 Å². The van der Waals surface area contributed by atoms with Gasteiger partial charge in [-0.1, -0.05) is 42.5 Å². The number of hydrogen-bond acceptors (Lipinski definition) is 3. The number of nitrogens with one attached hydrogen (secondary N) is 1. The molecule has 2 aromatic rings. The SMILES string of the molecule is Cc1ccccc1CN(C)C(=O)CN1CCC(NC(=O)c2ccccc2)CC1. The van der Waals surface area contributed by atoms with Crippen molar-refractivity contribution in [1.29, 1.82) is 0 Å². The van der Waals surface area contributed by atoms with E-state index in [0.717, 1.165) is 25.9 Å². The number of carbonyl (C=O) groups excluding carboxylic acids is 2. The summed E-state index contributed by atoms with van der Waals surface area (Å²) in [6, 6.07) is 17.6. The standard InChI is InChI=1S/C23H29N3O2/c1-18-8-6-7-11-20(18)16-25(2)22(27)17-26-14-12-21(13-15-26)24-23(28)19-9-4-3-5-10-19/h3-11,21H,12-17H2,1-2H3,(H,24,28). The number of amides is 2. The van der Waals surface area contributed by atoms with Crippen molar-refractivity contribution in [3.63, 3.8) is 0 Å². The molecule has 5 nitrogen and oxygen atoms in total. The van der Waals surface area contributed by atoms with Gasteiger partial charge in [0.15, 0.2) is 0 Å². The van der Waals surface area contributed by atoms with Crippen molar-refractivity contribution < 1.29 is 9.59 Å². The second-order valence-corrected chi connectivity index (χ2v) is 7.57. The van der Waals surface area contributed by atoms with Gasteiger partial charge < -0.3 is 10.2 Å². The Morgan fingerprint density at radius 1 is 1.04 bits per heavy atom. The van der Waals surface area contributed by atoms with E-state index in [2.05, 4.69) is 29.3 Å². The van der Waals surface area contributed by atoms with Crippen molar-refractivity contribution in [2.75, 3.05) is 26.7 Å². The van der Waals surface area contributed by atoms with E-state index < -0.39 is 0 Å². The van der Waals surface area contributed by atoms with Crippen LogP contribution in [0.15, 0.2) is 54.6 Å². The number of nitrogens with zero attached hydrogens (tertiary/aromatic N) is 2. The van der Waals surface area contributed by atoms with Crippen LogP contribution in [-0.4, -0.2) is 54.3 Å². The zero-order valence-corrected chi connectivity index (χ0v) is 16.7. The molecule has 2 amide bonds. The fraction of sp³-hybridized carbons (Fsp3) is 0.391. The van der Waals surface area contributed by atoms with E-state index >= 15 is 0 Å². The van der Waals surface area contributed by atoms with E-state index in [1.54, 1.807) is 4.90 Å². The quantitative estimate of drug-likeness (QED) is 0.840. The minimum atomic E-state index is -0.0203. The van der Waals surface area contributed by atoms with E-state index in [-0.39, 0.29) is 17.9 Å². The number of rotatable bonds is 6. The number of likely N-dealkylation sites (tertiary alicyclic amines) is 1. The van der Waals surface area contributed by atoms with Crippen LogP contribution in [0.3, 0.4) is 0 Å². The predicted octanol–water partition coefficient (Wildman–Crippen LogP) is 2.85. The summed E-state index contributed by atoms with van der Waals surface area (Å²) in [6.45, 7) is 4.78. The molecule has 1 N–H and O–H groups in total. The average Bonchev–Trinajstić information content (AvgIpc) is 2.71. The maximum absolute atomic E-state index is 12.6. The summed E-state index contributed by atoms with van der Waals surface area (Å²) in [6.07, 6.45) is 1.74. The molecule has 5 heteroatoms. The molecule has 1 fully saturated rings. The average molecular weight is 380 g/mol. The second-order valence-electron chi connectivity index (χ2n) is 7.57. The highest BCUT2D eigenvalue weighted by Gasteiger charge is 2.23. The summed E-state index contributed by atoms with van der Waals surface area (Å²) in [5.41, 5.74) is 3.08. The van der Waals surface area contributed by atoms with Crippen LogP contribution in [0.5, 0.6) is 0 Å². The number of hydrogen-bond donors (Lipinski definition) is 1. The Hall–Kier alpha value is -2.66. The molecule has 0 saturated carbocycles. The zero-order chi connectivity index (χ0) is 19.9. The fourth-order valence-electron chi connectivity index (χ4n) is 3.54. The summed E-state index contributed by atoms with van der Waals surface area (Å²) < 4.78 is 0. The predicted molar refractivity (Wildman–Crippen MR) is 111 cm³/mol. The van der Waals surface area contributed by atoms with Gasteiger partial charge >= 0.3 is 0 Å². The molecular formula is C23H29N3O2. The lowest BCUT2D eigenvalue weighted by molar-refractivity contribution is -0.131. The molecule has 0 bridgehead atoms. The van der Waals surface area contributed by atoms with Crippen LogP contribution in [0.4, 0.5) is 0 Å². The third-order valence-electron chi connectivity index (χ3n) is 5.41.